The molecule has 2 rings (SSSR count). The molecular weight excluding hydrogens is 232 g/mol. The van der Waals surface area contributed by atoms with Crippen molar-refractivity contribution < 1.29 is 14.4 Å². The minimum Gasteiger partial charge on any atom is -0.274 e. The SMILES string of the molecule is Cc1ccc(N2C(=O)CC(=O)N(C)C2=O)c(C)c1. The van der Waals surface area contributed by atoms with E-state index in [9.17, 15) is 14.4 Å². The highest BCUT2D eigenvalue weighted by Crippen LogP contribution is 2.25. The highest BCUT2D eigenvalue weighted by molar-refractivity contribution is 6.26. The van der Waals surface area contributed by atoms with Crippen LogP contribution < -0.4 is 4.90 Å². The van der Waals surface area contributed by atoms with Gasteiger partial charge in [-0.05, 0) is 25.5 Å². The lowest BCUT2D eigenvalue weighted by Crippen LogP contribution is -2.53. The van der Waals surface area contributed by atoms with Crippen molar-refractivity contribution in [1.29, 1.82) is 0 Å². The molecule has 5 nitrogen and oxygen atoms in total. The summed E-state index contributed by atoms with van der Waals surface area (Å²) in [6.45, 7) is 3.77. The van der Waals surface area contributed by atoms with E-state index in [1.54, 1.807) is 6.07 Å². The molecule has 0 bridgehead atoms. The molecule has 0 aromatic heterocycles. The first-order valence-corrected chi connectivity index (χ1v) is 5.62. The van der Waals surface area contributed by atoms with Gasteiger partial charge < -0.3 is 0 Å². The topological polar surface area (TPSA) is 57.7 Å². The molecular formula is C13H14N2O3. The maximum Gasteiger partial charge on any atom is 0.337 e. The van der Waals surface area contributed by atoms with Crippen LogP contribution in [0, 0.1) is 13.8 Å². The molecule has 0 aliphatic carbocycles. The molecule has 1 aromatic rings. The summed E-state index contributed by atoms with van der Waals surface area (Å²) in [6.07, 6.45) is -0.268. The van der Waals surface area contributed by atoms with Crippen LogP contribution in [0.5, 0.6) is 0 Å². The van der Waals surface area contributed by atoms with Gasteiger partial charge in [-0.3, -0.25) is 14.5 Å². The van der Waals surface area contributed by atoms with Crippen molar-refractivity contribution in [1.82, 2.24) is 4.90 Å². The summed E-state index contributed by atoms with van der Waals surface area (Å²) in [6, 6.07) is 4.86. The molecule has 0 spiro atoms. The molecule has 1 heterocycles. The molecule has 18 heavy (non-hydrogen) atoms. The van der Waals surface area contributed by atoms with E-state index in [0.29, 0.717) is 5.69 Å². The number of imide groups is 2. The molecule has 1 aliphatic rings. The Morgan fingerprint density at radius 2 is 1.72 bits per heavy atom. The number of rotatable bonds is 1. The number of aryl methyl sites for hydroxylation is 2. The van der Waals surface area contributed by atoms with Crippen molar-refractivity contribution in [3.8, 4) is 0 Å². The molecule has 1 saturated heterocycles. The number of hydrogen-bond acceptors (Lipinski definition) is 3. The smallest absolute Gasteiger partial charge is 0.274 e. The van der Waals surface area contributed by atoms with Crippen molar-refractivity contribution >= 4 is 23.5 Å². The van der Waals surface area contributed by atoms with Crippen molar-refractivity contribution in [3.63, 3.8) is 0 Å². The van der Waals surface area contributed by atoms with Gasteiger partial charge in [0.1, 0.15) is 6.42 Å². The molecule has 1 aliphatic heterocycles. The van der Waals surface area contributed by atoms with Crippen LogP contribution in [0.2, 0.25) is 0 Å². The molecule has 0 saturated carbocycles. The second-order valence-corrected chi connectivity index (χ2v) is 4.43. The summed E-state index contributed by atoms with van der Waals surface area (Å²) in [7, 11) is 1.38. The van der Waals surface area contributed by atoms with E-state index in [1.165, 1.54) is 7.05 Å². The number of nitrogens with zero attached hydrogens (tertiary/aromatic N) is 2. The number of benzene rings is 1. The lowest BCUT2D eigenvalue weighted by Gasteiger charge is -2.31. The van der Waals surface area contributed by atoms with Gasteiger partial charge >= 0.3 is 6.03 Å². The van der Waals surface area contributed by atoms with E-state index < -0.39 is 17.8 Å². The first kappa shape index (κ1) is 12.3. The highest BCUT2D eigenvalue weighted by atomic mass is 16.2. The van der Waals surface area contributed by atoms with Crippen LogP contribution >= 0.6 is 0 Å². The van der Waals surface area contributed by atoms with E-state index in [1.807, 2.05) is 26.0 Å². The Hall–Kier alpha value is -2.17. The number of barbiturate groups is 1. The molecule has 5 heteroatoms. The predicted octanol–water partition coefficient (Wildman–Crippen LogP) is 1.62. The molecule has 94 valence electrons. The summed E-state index contributed by atoms with van der Waals surface area (Å²) in [5, 5.41) is 0. The van der Waals surface area contributed by atoms with E-state index in [-0.39, 0.29) is 6.42 Å². The highest BCUT2D eigenvalue weighted by Gasteiger charge is 2.37. The molecule has 0 radical (unpaired) electrons. The van der Waals surface area contributed by atoms with Crippen LogP contribution in [-0.4, -0.2) is 29.8 Å². The van der Waals surface area contributed by atoms with Crippen molar-refractivity contribution in [2.75, 3.05) is 11.9 Å². The van der Waals surface area contributed by atoms with Gasteiger partial charge in [-0.15, -0.1) is 0 Å². The quantitative estimate of drug-likeness (QED) is 0.707. The fraction of sp³-hybridized carbons (Fsp3) is 0.308. The van der Waals surface area contributed by atoms with Gasteiger partial charge in [-0.2, -0.15) is 0 Å². The van der Waals surface area contributed by atoms with E-state index in [4.69, 9.17) is 0 Å². The number of amides is 4. The largest absolute Gasteiger partial charge is 0.337 e. The third-order valence-corrected chi connectivity index (χ3v) is 3.00. The Morgan fingerprint density at radius 3 is 2.33 bits per heavy atom. The van der Waals surface area contributed by atoms with Gasteiger partial charge in [-0.1, -0.05) is 17.7 Å². The van der Waals surface area contributed by atoms with Gasteiger partial charge in [-0.25, -0.2) is 9.69 Å². The van der Waals surface area contributed by atoms with Crippen LogP contribution in [-0.2, 0) is 9.59 Å². The third kappa shape index (κ3) is 1.88. The van der Waals surface area contributed by atoms with E-state index in [0.717, 1.165) is 20.9 Å². The average Bonchev–Trinajstić information content (AvgIpc) is 2.29. The molecule has 1 aromatic carbocycles. The summed E-state index contributed by atoms with van der Waals surface area (Å²) in [5.41, 5.74) is 2.42. The Labute approximate surface area is 105 Å². The molecule has 0 N–H and O–H groups in total. The minimum atomic E-state index is -0.594. The maximum atomic E-state index is 12.0. The monoisotopic (exact) mass is 246 g/mol. The van der Waals surface area contributed by atoms with Crippen LogP contribution in [0.3, 0.4) is 0 Å². The van der Waals surface area contributed by atoms with Crippen LogP contribution in [0.1, 0.15) is 17.5 Å². The molecule has 0 unspecified atom stereocenters. The molecule has 4 amide bonds. The Morgan fingerprint density at radius 1 is 1.06 bits per heavy atom. The number of anilines is 1. The molecule has 0 atom stereocenters. The Balaban J connectivity index is 2.46. The number of carbonyl (C=O) groups is 3. The second-order valence-electron chi connectivity index (χ2n) is 4.43. The van der Waals surface area contributed by atoms with Crippen molar-refractivity contribution in [2.24, 2.45) is 0 Å². The zero-order valence-electron chi connectivity index (χ0n) is 10.6. The van der Waals surface area contributed by atoms with Gasteiger partial charge in [0.05, 0.1) is 5.69 Å². The summed E-state index contributed by atoms with van der Waals surface area (Å²) in [5.74, 6) is -0.943. The summed E-state index contributed by atoms with van der Waals surface area (Å²) in [4.78, 5) is 37.3. The first-order chi connectivity index (χ1) is 8.41. The van der Waals surface area contributed by atoms with Gasteiger partial charge in [0.2, 0.25) is 11.8 Å². The zero-order chi connectivity index (χ0) is 13.4. The van der Waals surface area contributed by atoms with E-state index >= 15 is 0 Å². The zero-order valence-corrected chi connectivity index (χ0v) is 10.6. The van der Waals surface area contributed by atoms with Crippen LogP contribution in [0.4, 0.5) is 10.5 Å². The van der Waals surface area contributed by atoms with Crippen LogP contribution in [0.25, 0.3) is 0 Å². The lowest BCUT2D eigenvalue weighted by molar-refractivity contribution is -0.134. The Bertz CT molecular complexity index is 551. The number of carbonyl (C=O) groups excluding carboxylic acids is 3. The summed E-state index contributed by atoms with van der Waals surface area (Å²) >= 11 is 0. The first-order valence-electron chi connectivity index (χ1n) is 5.62. The van der Waals surface area contributed by atoms with Crippen LogP contribution in [0.15, 0.2) is 18.2 Å². The van der Waals surface area contributed by atoms with Gasteiger partial charge in [0.15, 0.2) is 0 Å². The fourth-order valence-corrected chi connectivity index (χ4v) is 1.98. The van der Waals surface area contributed by atoms with Crippen molar-refractivity contribution in [3.05, 3.63) is 29.3 Å². The van der Waals surface area contributed by atoms with E-state index in [2.05, 4.69) is 0 Å². The van der Waals surface area contributed by atoms with Crippen molar-refractivity contribution in [2.45, 2.75) is 20.3 Å². The summed E-state index contributed by atoms with van der Waals surface area (Å²) < 4.78 is 0. The fourth-order valence-electron chi connectivity index (χ4n) is 1.98. The standard InChI is InChI=1S/C13H14N2O3/c1-8-4-5-10(9(2)6-8)15-12(17)7-11(16)14(3)13(15)18/h4-6H,7H2,1-3H3. The number of hydrogen-bond donors (Lipinski definition) is 0. The third-order valence-electron chi connectivity index (χ3n) is 3.00. The second kappa shape index (κ2) is 4.25. The number of urea groups is 1. The Kier molecular flexibility index (Phi) is 2.90. The van der Waals surface area contributed by atoms with Gasteiger partial charge in [0.25, 0.3) is 0 Å². The lowest BCUT2D eigenvalue weighted by atomic mass is 10.1. The van der Waals surface area contributed by atoms with Gasteiger partial charge in [0, 0.05) is 7.05 Å². The minimum absolute atomic E-state index is 0.268. The normalized spacial score (nSPS) is 16.5. The average molecular weight is 246 g/mol. The molecule has 1 fully saturated rings. The predicted molar refractivity (Wildman–Crippen MR) is 66.2 cm³/mol. The maximum absolute atomic E-state index is 12.0.